The van der Waals surface area contributed by atoms with Gasteiger partial charge in [-0.25, -0.2) is 4.79 Å². The van der Waals surface area contributed by atoms with Crippen LogP contribution in [0.1, 0.15) is 32.1 Å². The van der Waals surface area contributed by atoms with Crippen LogP contribution in [0.15, 0.2) is 0 Å². The van der Waals surface area contributed by atoms with Gasteiger partial charge in [0.05, 0.1) is 330 Å². The highest BCUT2D eigenvalue weighted by Crippen LogP contribution is 2.52. The van der Waals surface area contributed by atoms with Gasteiger partial charge in [0.1, 0.15) is 0 Å². The molecule has 2 aliphatic rings. The van der Waals surface area contributed by atoms with Gasteiger partial charge in [-0.2, -0.15) is 0 Å². The highest BCUT2D eigenvalue weighted by molar-refractivity contribution is 5.67. The van der Waals surface area contributed by atoms with Gasteiger partial charge in [0, 0.05) is 19.4 Å². The van der Waals surface area contributed by atoms with Crippen molar-refractivity contribution < 1.29 is 133 Å². The second-order valence-corrected chi connectivity index (χ2v) is 19.8. The summed E-state index contributed by atoms with van der Waals surface area (Å²) in [5.74, 6) is 7.34. The number of alkyl carbamates (subject to hydrolysis) is 1. The standard InChI is InChI=1S/C62H115NO28/c64-61(65)7-9-67-11-13-69-15-17-71-19-21-73-23-25-75-27-29-77-31-33-79-35-37-81-39-41-83-43-45-85-47-49-87-51-53-89-55-56-90-54-52-88-50-48-86-46-44-84-42-40-82-38-36-80-34-32-78-30-28-76-26-24-74-22-20-72-18-16-70-14-12-68-10-8-63-62(66)91-57-60-58-5-3-1-2-4-6-59(58)60/h58-60H,3-57H2,(H,63,66)(H,64,65)/t58-,59+,60?. The first kappa shape index (κ1) is 84.4. The summed E-state index contributed by atoms with van der Waals surface area (Å²) in [6.07, 6.45) is 3.75. The molecule has 0 saturated heterocycles. The molecular weight excluding hydrogens is 1210 g/mol. The fraction of sp³-hybridized carbons (Fsp3) is 0.935. The first-order chi connectivity index (χ1) is 45.2. The molecule has 29 heteroatoms. The molecule has 3 atom stereocenters. The maximum absolute atomic E-state index is 12.0. The third kappa shape index (κ3) is 64.5. The van der Waals surface area contributed by atoms with E-state index in [9.17, 15) is 9.59 Å². The lowest BCUT2D eigenvalue weighted by Crippen LogP contribution is -2.29. The number of carbonyl (C=O) groups excluding carboxylic acids is 1. The molecule has 0 bridgehead atoms. The number of aliphatic carboxylic acids is 1. The van der Waals surface area contributed by atoms with Crippen LogP contribution >= 0.6 is 0 Å². The van der Waals surface area contributed by atoms with Crippen LogP contribution in [0, 0.1) is 29.6 Å². The Hall–Kier alpha value is -2.66. The fourth-order valence-corrected chi connectivity index (χ4v) is 8.05. The Morgan fingerprint density at radius 2 is 0.451 bits per heavy atom. The zero-order valence-corrected chi connectivity index (χ0v) is 54.6. The van der Waals surface area contributed by atoms with Crippen molar-refractivity contribution in [3.05, 3.63) is 0 Å². The Bertz CT molecular complexity index is 1560. The molecule has 2 aliphatic carbocycles. The Labute approximate surface area is 540 Å². The summed E-state index contributed by atoms with van der Waals surface area (Å²) in [7, 11) is 0. The maximum atomic E-state index is 12.0. The minimum Gasteiger partial charge on any atom is -0.481 e. The van der Waals surface area contributed by atoms with E-state index in [-0.39, 0.29) is 19.1 Å². The lowest BCUT2D eigenvalue weighted by Gasteiger charge is -2.09. The summed E-state index contributed by atoms with van der Waals surface area (Å²) >= 11 is 0. The SMILES string of the molecule is O=C(O)CCOCCOCCOCCOCCOCCOCCOCCOCCOCCOCCOCCOCCOCCOCCOCCOCCOCCOCCOCCOCCOCCOCCOCCOCCNC(=O)OCC1[C@H]2CCC#CCC[C@@H]12. The predicted molar refractivity (Wildman–Crippen MR) is 328 cm³/mol. The first-order valence-electron chi connectivity index (χ1n) is 32.6. The summed E-state index contributed by atoms with van der Waals surface area (Å²) in [6, 6.07) is 0. The molecule has 0 aromatic carbocycles. The van der Waals surface area contributed by atoms with Gasteiger partial charge in [0.15, 0.2) is 0 Å². The van der Waals surface area contributed by atoms with Crippen molar-refractivity contribution in [3.63, 3.8) is 0 Å². The average molecular weight is 1320 g/mol. The van der Waals surface area contributed by atoms with Crippen LogP contribution in [-0.2, 0) is 123 Å². The molecule has 0 spiro atoms. The number of carbonyl (C=O) groups is 2. The van der Waals surface area contributed by atoms with Crippen molar-refractivity contribution >= 4 is 12.1 Å². The van der Waals surface area contributed by atoms with E-state index in [1.807, 2.05) is 0 Å². The minimum absolute atomic E-state index is 0.0109. The number of carboxylic acids is 1. The fourth-order valence-electron chi connectivity index (χ4n) is 8.05. The van der Waals surface area contributed by atoms with Crippen LogP contribution in [0.2, 0.25) is 0 Å². The van der Waals surface area contributed by atoms with Crippen molar-refractivity contribution in [2.75, 3.05) is 330 Å². The van der Waals surface area contributed by atoms with E-state index in [0.717, 1.165) is 25.7 Å². The maximum Gasteiger partial charge on any atom is 0.407 e. The molecule has 0 aromatic heterocycles. The zero-order valence-electron chi connectivity index (χ0n) is 54.6. The van der Waals surface area contributed by atoms with E-state index in [4.69, 9.17) is 124 Å². The molecule has 0 aromatic rings. The number of nitrogens with one attached hydrogen (secondary N) is 1. The lowest BCUT2D eigenvalue weighted by atomic mass is 10.1. The van der Waals surface area contributed by atoms with Gasteiger partial charge < -0.3 is 129 Å². The quantitative estimate of drug-likeness (QED) is 0.0650. The van der Waals surface area contributed by atoms with Crippen molar-refractivity contribution in [3.8, 4) is 11.8 Å². The Morgan fingerprint density at radius 1 is 0.275 bits per heavy atom. The van der Waals surface area contributed by atoms with E-state index in [2.05, 4.69) is 17.2 Å². The molecule has 2 rings (SSSR count). The summed E-state index contributed by atoms with van der Waals surface area (Å²) in [6.45, 7) is 23.0. The van der Waals surface area contributed by atoms with Gasteiger partial charge in [-0.15, -0.1) is 11.8 Å². The normalized spacial score (nSPS) is 15.3. The highest BCUT2D eigenvalue weighted by Gasteiger charge is 2.49. The summed E-state index contributed by atoms with van der Waals surface area (Å²) in [5, 5.41) is 11.3. The van der Waals surface area contributed by atoms with Crippen LogP contribution < -0.4 is 5.32 Å². The molecule has 1 fully saturated rings. The zero-order chi connectivity index (χ0) is 64.6. The number of fused-ring (bicyclic) bond motifs is 1. The molecule has 1 unspecified atom stereocenters. The molecule has 1 saturated carbocycles. The molecule has 2 N–H and O–H groups in total. The van der Waals surface area contributed by atoms with Crippen LogP contribution in [0.25, 0.3) is 0 Å². The molecule has 29 nitrogen and oxygen atoms in total. The van der Waals surface area contributed by atoms with Crippen LogP contribution in [0.5, 0.6) is 0 Å². The molecule has 536 valence electrons. The molecule has 91 heavy (non-hydrogen) atoms. The molecular formula is C62H115NO28. The summed E-state index contributed by atoms with van der Waals surface area (Å²) in [4.78, 5) is 22.4. The third-order valence-electron chi connectivity index (χ3n) is 12.8. The van der Waals surface area contributed by atoms with Crippen LogP contribution in [0.4, 0.5) is 4.79 Å². The van der Waals surface area contributed by atoms with Gasteiger partial charge in [-0.3, -0.25) is 4.79 Å². The van der Waals surface area contributed by atoms with E-state index in [1.54, 1.807) is 0 Å². The largest absolute Gasteiger partial charge is 0.481 e. The highest BCUT2D eigenvalue weighted by atomic mass is 16.6. The van der Waals surface area contributed by atoms with Crippen molar-refractivity contribution in [2.24, 2.45) is 17.8 Å². The Morgan fingerprint density at radius 3 is 0.637 bits per heavy atom. The smallest absolute Gasteiger partial charge is 0.407 e. The summed E-state index contributed by atoms with van der Waals surface area (Å²) < 4.78 is 137. The van der Waals surface area contributed by atoms with Gasteiger partial charge in [0.25, 0.3) is 0 Å². The lowest BCUT2D eigenvalue weighted by molar-refractivity contribution is -0.138. The van der Waals surface area contributed by atoms with E-state index >= 15 is 0 Å². The molecule has 0 aliphatic heterocycles. The predicted octanol–water partition coefficient (Wildman–Crippen LogP) is 2.03. The van der Waals surface area contributed by atoms with Crippen molar-refractivity contribution in [1.82, 2.24) is 5.32 Å². The van der Waals surface area contributed by atoms with Crippen molar-refractivity contribution in [1.29, 1.82) is 0 Å². The molecule has 0 radical (unpaired) electrons. The van der Waals surface area contributed by atoms with E-state index in [0.29, 0.717) is 341 Å². The summed E-state index contributed by atoms with van der Waals surface area (Å²) in [5.41, 5.74) is 0. The number of carboxylic acid groups (broad SMARTS) is 1. The second-order valence-electron chi connectivity index (χ2n) is 19.8. The van der Waals surface area contributed by atoms with Gasteiger partial charge in [0.2, 0.25) is 0 Å². The van der Waals surface area contributed by atoms with Gasteiger partial charge >= 0.3 is 12.1 Å². The number of hydrogen-bond donors (Lipinski definition) is 2. The number of hydrogen-bond acceptors (Lipinski definition) is 27. The number of ether oxygens (including phenoxy) is 25. The second kappa shape index (κ2) is 71.6. The molecule has 1 amide bonds. The minimum atomic E-state index is -0.881. The Kier molecular flexibility index (Phi) is 66.5. The van der Waals surface area contributed by atoms with Gasteiger partial charge in [-0.05, 0) is 30.6 Å². The Balaban J connectivity index is 1.09. The number of rotatable bonds is 77. The number of amides is 1. The van der Waals surface area contributed by atoms with Gasteiger partial charge in [-0.1, -0.05) is 0 Å². The third-order valence-corrected chi connectivity index (χ3v) is 12.8. The average Bonchev–Trinajstić information content (AvgIpc) is 1.66. The van der Waals surface area contributed by atoms with E-state index < -0.39 is 5.97 Å². The monoisotopic (exact) mass is 1320 g/mol. The first-order valence-corrected chi connectivity index (χ1v) is 32.6. The van der Waals surface area contributed by atoms with Crippen LogP contribution in [-0.4, -0.2) is 347 Å². The van der Waals surface area contributed by atoms with Crippen molar-refractivity contribution in [2.45, 2.75) is 32.1 Å². The molecule has 0 heterocycles. The topological polar surface area (TPSA) is 297 Å². The van der Waals surface area contributed by atoms with Crippen LogP contribution in [0.3, 0.4) is 0 Å². The van der Waals surface area contributed by atoms with E-state index in [1.165, 1.54) is 0 Å².